The first kappa shape index (κ1) is 12.6. The molecule has 2 aromatic heterocycles. The zero-order valence-corrected chi connectivity index (χ0v) is 11.1. The largest absolute Gasteiger partial charge is 0.337 e. The zero-order chi connectivity index (χ0) is 13.9. The fourth-order valence-corrected chi connectivity index (χ4v) is 2.01. The maximum absolute atomic E-state index is 6.11. The summed E-state index contributed by atoms with van der Waals surface area (Å²) in [5, 5.41) is 3.93. The Balaban J connectivity index is 1.78. The van der Waals surface area contributed by atoms with E-state index < -0.39 is 0 Å². The number of hydrogen-bond acceptors (Lipinski definition) is 5. The summed E-state index contributed by atoms with van der Waals surface area (Å²) in [6, 6.07) is 9.66. The standard InChI is InChI=1S/C14H15N5O/c1-19-8-7-16-13(19)12-17-14(20-18-12)11(15)9-10-5-3-2-4-6-10/h2-8,11H,9,15H2,1H3. The van der Waals surface area contributed by atoms with Gasteiger partial charge in [-0.15, -0.1) is 0 Å². The number of aryl methyl sites for hydroxylation is 1. The van der Waals surface area contributed by atoms with Crippen LogP contribution >= 0.6 is 0 Å². The van der Waals surface area contributed by atoms with Crippen molar-refractivity contribution in [2.24, 2.45) is 12.8 Å². The lowest BCUT2D eigenvalue weighted by atomic mass is 10.1. The van der Waals surface area contributed by atoms with Gasteiger partial charge in [0, 0.05) is 19.4 Å². The Morgan fingerprint density at radius 1 is 1.30 bits per heavy atom. The van der Waals surface area contributed by atoms with E-state index in [0.29, 0.717) is 24.0 Å². The van der Waals surface area contributed by atoms with Gasteiger partial charge >= 0.3 is 0 Å². The molecule has 2 N–H and O–H groups in total. The third kappa shape index (κ3) is 2.46. The van der Waals surface area contributed by atoms with Crippen molar-refractivity contribution in [3.05, 3.63) is 54.2 Å². The molecule has 0 spiro atoms. The SMILES string of the molecule is Cn1ccnc1-c1noc(C(N)Cc2ccccc2)n1. The molecule has 0 aliphatic rings. The number of nitrogens with zero attached hydrogens (tertiary/aromatic N) is 4. The molecule has 0 aliphatic heterocycles. The van der Waals surface area contributed by atoms with E-state index in [1.165, 1.54) is 0 Å². The van der Waals surface area contributed by atoms with Gasteiger partial charge in [0.05, 0.1) is 6.04 Å². The number of aromatic nitrogens is 4. The molecule has 0 radical (unpaired) electrons. The molecule has 2 heterocycles. The first-order valence-corrected chi connectivity index (χ1v) is 6.35. The smallest absolute Gasteiger partial charge is 0.244 e. The Bertz CT molecular complexity index is 688. The van der Waals surface area contributed by atoms with Crippen molar-refractivity contribution in [2.45, 2.75) is 12.5 Å². The summed E-state index contributed by atoms with van der Waals surface area (Å²) in [5.74, 6) is 1.54. The van der Waals surface area contributed by atoms with Crippen LogP contribution in [-0.4, -0.2) is 19.7 Å². The maximum Gasteiger partial charge on any atom is 0.244 e. The van der Waals surface area contributed by atoms with Gasteiger partial charge in [0.25, 0.3) is 0 Å². The summed E-state index contributed by atoms with van der Waals surface area (Å²) in [6.45, 7) is 0. The maximum atomic E-state index is 6.11. The molecule has 0 saturated heterocycles. The molecule has 1 unspecified atom stereocenters. The monoisotopic (exact) mass is 269 g/mol. The van der Waals surface area contributed by atoms with E-state index in [0.717, 1.165) is 5.56 Å². The molecule has 3 aromatic rings. The molecule has 20 heavy (non-hydrogen) atoms. The molecular weight excluding hydrogens is 254 g/mol. The fraction of sp³-hybridized carbons (Fsp3) is 0.214. The second-order valence-electron chi connectivity index (χ2n) is 4.61. The second kappa shape index (κ2) is 5.26. The molecular formula is C14H15N5O. The number of nitrogens with two attached hydrogens (primary N) is 1. The first-order chi connectivity index (χ1) is 9.74. The van der Waals surface area contributed by atoms with E-state index in [1.807, 2.05) is 48.1 Å². The minimum Gasteiger partial charge on any atom is -0.337 e. The molecule has 3 rings (SSSR count). The fourth-order valence-electron chi connectivity index (χ4n) is 2.01. The van der Waals surface area contributed by atoms with Crippen molar-refractivity contribution in [3.63, 3.8) is 0 Å². The summed E-state index contributed by atoms with van der Waals surface area (Å²) in [7, 11) is 1.88. The third-order valence-corrected chi connectivity index (χ3v) is 3.08. The van der Waals surface area contributed by atoms with Crippen LogP contribution in [0.3, 0.4) is 0 Å². The van der Waals surface area contributed by atoms with Crippen LogP contribution in [0, 0.1) is 0 Å². The summed E-state index contributed by atoms with van der Waals surface area (Å²) in [6.07, 6.45) is 4.17. The number of benzene rings is 1. The van der Waals surface area contributed by atoms with Crippen LogP contribution in [0.4, 0.5) is 0 Å². The van der Waals surface area contributed by atoms with Crippen LogP contribution in [-0.2, 0) is 13.5 Å². The van der Waals surface area contributed by atoms with Gasteiger partial charge in [-0.1, -0.05) is 35.5 Å². The molecule has 1 atom stereocenters. The molecule has 0 bridgehead atoms. The van der Waals surface area contributed by atoms with Crippen LogP contribution in [0.15, 0.2) is 47.2 Å². The van der Waals surface area contributed by atoms with Crippen LogP contribution in [0.5, 0.6) is 0 Å². The molecule has 102 valence electrons. The normalized spacial score (nSPS) is 12.5. The molecule has 0 fully saturated rings. The van der Waals surface area contributed by atoms with Crippen molar-refractivity contribution < 1.29 is 4.52 Å². The minimum atomic E-state index is -0.320. The van der Waals surface area contributed by atoms with Crippen molar-refractivity contribution in [1.82, 2.24) is 19.7 Å². The number of rotatable bonds is 4. The lowest BCUT2D eigenvalue weighted by Gasteiger charge is -2.05. The average Bonchev–Trinajstić information content (AvgIpc) is 3.08. The Hall–Kier alpha value is -2.47. The lowest BCUT2D eigenvalue weighted by Crippen LogP contribution is -2.13. The summed E-state index contributed by atoms with van der Waals surface area (Å²) in [5.41, 5.74) is 7.24. The van der Waals surface area contributed by atoms with Crippen molar-refractivity contribution in [1.29, 1.82) is 0 Å². The average molecular weight is 269 g/mol. The van der Waals surface area contributed by atoms with E-state index >= 15 is 0 Å². The van der Waals surface area contributed by atoms with E-state index in [-0.39, 0.29) is 6.04 Å². The van der Waals surface area contributed by atoms with E-state index in [9.17, 15) is 0 Å². The Morgan fingerprint density at radius 2 is 2.10 bits per heavy atom. The van der Waals surface area contributed by atoms with Crippen LogP contribution in [0.2, 0.25) is 0 Å². The Kier molecular flexibility index (Phi) is 3.30. The highest BCUT2D eigenvalue weighted by Gasteiger charge is 2.18. The first-order valence-electron chi connectivity index (χ1n) is 6.35. The number of imidazole rings is 1. The topological polar surface area (TPSA) is 82.8 Å². The van der Waals surface area contributed by atoms with Crippen molar-refractivity contribution in [2.75, 3.05) is 0 Å². The molecule has 6 nitrogen and oxygen atoms in total. The van der Waals surface area contributed by atoms with Gasteiger partial charge in [-0.25, -0.2) is 4.98 Å². The molecule has 0 aliphatic carbocycles. The van der Waals surface area contributed by atoms with E-state index in [1.54, 1.807) is 6.20 Å². The predicted octanol–water partition coefficient (Wildman–Crippen LogP) is 1.71. The summed E-state index contributed by atoms with van der Waals surface area (Å²) in [4.78, 5) is 8.50. The van der Waals surface area contributed by atoms with Gasteiger partial charge in [0.15, 0.2) is 5.82 Å². The summed E-state index contributed by atoms with van der Waals surface area (Å²) >= 11 is 0. The van der Waals surface area contributed by atoms with Crippen LogP contribution in [0.25, 0.3) is 11.6 Å². The van der Waals surface area contributed by atoms with Gasteiger partial charge in [0.1, 0.15) is 0 Å². The summed E-state index contributed by atoms with van der Waals surface area (Å²) < 4.78 is 7.07. The van der Waals surface area contributed by atoms with E-state index in [4.69, 9.17) is 10.3 Å². The highest BCUT2D eigenvalue weighted by atomic mass is 16.5. The molecule has 6 heteroatoms. The highest BCUT2D eigenvalue weighted by molar-refractivity contribution is 5.42. The highest BCUT2D eigenvalue weighted by Crippen LogP contribution is 2.18. The Morgan fingerprint density at radius 3 is 2.80 bits per heavy atom. The van der Waals surface area contributed by atoms with E-state index in [2.05, 4.69) is 15.1 Å². The van der Waals surface area contributed by atoms with Crippen LogP contribution in [0.1, 0.15) is 17.5 Å². The molecule has 0 amide bonds. The quantitative estimate of drug-likeness (QED) is 0.779. The van der Waals surface area contributed by atoms with Crippen LogP contribution < -0.4 is 5.73 Å². The second-order valence-corrected chi connectivity index (χ2v) is 4.61. The van der Waals surface area contributed by atoms with Crippen molar-refractivity contribution >= 4 is 0 Å². The predicted molar refractivity (Wildman–Crippen MR) is 73.6 cm³/mol. The third-order valence-electron chi connectivity index (χ3n) is 3.08. The van der Waals surface area contributed by atoms with Gasteiger partial charge in [-0.05, 0) is 12.0 Å². The lowest BCUT2D eigenvalue weighted by molar-refractivity contribution is 0.354. The van der Waals surface area contributed by atoms with Gasteiger partial charge in [-0.3, -0.25) is 0 Å². The zero-order valence-electron chi connectivity index (χ0n) is 11.1. The number of hydrogen-bond donors (Lipinski definition) is 1. The molecule has 1 aromatic carbocycles. The molecule has 0 saturated carbocycles. The minimum absolute atomic E-state index is 0.320. The van der Waals surface area contributed by atoms with Gasteiger partial charge in [0.2, 0.25) is 11.7 Å². The van der Waals surface area contributed by atoms with Gasteiger partial charge in [-0.2, -0.15) is 4.98 Å². The van der Waals surface area contributed by atoms with Gasteiger partial charge < -0.3 is 14.8 Å². The Labute approximate surface area is 116 Å². The van der Waals surface area contributed by atoms with Crippen molar-refractivity contribution in [3.8, 4) is 11.6 Å².